The molecule has 0 radical (unpaired) electrons. The van der Waals surface area contributed by atoms with Gasteiger partial charge in [0.05, 0.1) is 5.54 Å². The van der Waals surface area contributed by atoms with E-state index in [1.54, 1.807) is 0 Å². The highest BCUT2D eigenvalue weighted by Gasteiger charge is 2.57. The summed E-state index contributed by atoms with van der Waals surface area (Å²) in [5.74, 6) is 0. The van der Waals surface area contributed by atoms with Crippen LogP contribution in [0.1, 0.15) is 71.4 Å². The van der Waals surface area contributed by atoms with E-state index in [4.69, 9.17) is 5.73 Å². The zero-order valence-corrected chi connectivity index (χ0v) is 25.7. The highest BCUT2D eigenvalue weighted by Crippen LogP contribution is 2.61. The second-order valence-corrected chi connectivity index (χ2v) is 14.1. The van der Waals surface area contributed by atoms with Crippen molar-refractivity contribution in [3.05, 3.63) is 114 Å². The smallest absolute Gasteiger partial charge is 0.0517 e. The molecule has 5 aromatic rings. The van der Waals surface area contributed by atoms with E-state index < -0.39 is 0 Å². The van der Waals surface area contributed by atoms with Gasteiger partial charge in [0.1, 0.15) is 0 Å². The van der Waals surface area contributed by atoms with Crippen molar-refractivity contribution < 1.29 is 0 Å². The lowest BCUT2D eigenvalue weighted by Gasteiger charge is -2.50. The Hall–Kier alpha value is -4.04. The Morgan fingerprint density at radius 2 is 1.33 bits per heavy atom. The molecule has 1 aliphatic carbocycles. The van der Waals surface area contributed by atoms with Gasteiger partial charge in [0, 0.05) is 28.0 Å². The second kappa shape index (κ2) is 9.49. The first kappa shape index (κ1) is 26.8. The van der Waals surface area contributed by atoms with Crippen molar-refractivity contribution in [1.29, 1.82) is 0 Å². The summed E-state index contributed by atoms with van der Waals surface area (Å²) in [4.78, 5) is 2.70. The number of anilines is 3. The lowest BCUT2D eigenvalue weighted by molar-refractivity contribution is 0.195. The summed E-state index contributed by atoms with van der Waals surface area (Å²) in [5.41, 5.74) is 18.0. The molecule has 2 N–H and O–H groups in total. The predicted octanol–water partition coefficient (Wildman–Crippen LogP) is 10.8. The van der Waals surface area contributed by atoms with Crippen LogP contribution in [0.4, 0.5) is 17.1 Å². The molecule has 0 amide bonds. The summed E-state index contributed by atoms with van der Waals surface area (Å²) in [6.45, 7) is 12.0. The van der Waals surface area contributed by atoms with Crippen LogP contribution in [-0.2, 0) is 10.8 Å². The molecule has 212 valence electrons. The van der Waals surface area contributed by atoms with Crippen molar-refractivity contribution >= 4 is 27.8 Å². The summed E-state index contributed by atoms with van der Waals surface area (Å²) in [6, 6.07) is 38.1. The van der Waals surface area contributed by atoms with Crippen molar-refractivity contribution in [2.24, 2.45) is 0 Å². The van der Waals surface area contributed by atoms with Crippen molar-refractivity contribution in [2.75, 3.05) is 10.6 Å². The standard InChI is InChI=1S/C40H42N2/c1-38(2,3)32-17-18-37-35(26-32)39(4)19-11-12-20-40(39,5)42(37)33-22-30(27-13-7-6-8-14-27)21-31(23-33)34-24-28-15-9-10-16-29(28)25-36(34)41/h6-10,13-18,21-26H,11-12,19-20,41H2,1-5H3. The molecule has 7 rings (SSSR count). The van der Waals surface area contributed by atoms with Crippen molar-refractivity contribution in [2.45, 2.75) is 76.7 Å². The van der Waals surface area contributed by atoms with E-state index in [1.165, 1.54) is 70.1 Å². The third-order valence-electron chi connectivity index (χ3n) is 10.5. The zero-order valence-electron chi connectivity index (χ0n) is 25.7. The highest BCUT2D eigenvalue weighted by atomic mass is 15.3. The quantitative estimate of drug-likeness (QED) is 0.226. The maximum Gasteiger partial charge on any atom is 0.0517 e. The molecule has 1 saturated carbocycles. The number of fused-ring (bicyclic) bond motifs is 4. The minimum Gasteiger partial charge on any atom is -0.398 e. The van der Waals surface area contributed by atoms with E-state index in [-0.39, 0.29) is 16.4 Å². The van der Waals surface area contributed by atoms with Gasteiger partial charge < -0.3 is 10.6 Å². The average Bonchev–Trinajstić information content (AvgIpc) is 3.19. The van der Waals surface area contributed by atoms with Crippen LogP contribution in [-0.4, -0.2) is 5.54 Å². The maximum absolute atomic E-state index is 6.78. The monoisotopic (exact) mass is 550 g/mol. The molecule has 2 unspecified atom stereocenters. The van der Waals surface area contributed by atoms with Gasteiger partial charge in [-0.05, 0) is 100 Å². The van der Waals surface area contributed by atoms with Gasteiger partial charge in [-0.15, -0.1) is 0 Å². The number of hydrogen-bond acceptors (Lipinski definition) is 2. The Kier molecular flexibility index (Phi) is 6.06. The van der Waals surface area contributed by atoms with Crippen LogP contribution in [0.2, 0.25) is 0 Å². The molecule has 2 heteroatoms. The first-order chi connectivity index (χ1) is 20.1. The van der Waals surface area contributed by atoms with Crippen molar-refractivity contribution in [1.82, 2.24) is 0 Å². The fraction of sp³-hybridized carbons (Fsp3) is 0.300. The minimum absolute atomic E-state index is 0.0222. The summed E-state index contributed by atoms with van der Waals surface area (Å²) in [5, 5.41) is 2.38. The number of nitrogens with zero attached hydrogens (tertiary/aromatic N) is 1. The van der Waals surface area contributed by atoms with Crippen LogP contribution < -0.4 is 10.6 Å². The molecule has 0 aromatic heterocycles. The molecule has 2 nitrogen and oxygen atoms in total. The lowest BCUT2D eigenvalue weighted by atomic mass is 9.61. The lowest BCUT2D eigenvalue weighted by Crippen LogP contribution is -2.54. The van der Waals surface area contributed by atoms with E-state index in [0.29, 0.717) is 0 Å². The average molecular weight is 551 g/mol. The SMILES string of the molecule is CC(C)(C)c1ccc2c(c1)C1(C)CCCCC1(C)N2c1cc(-c2ccccc2)cc(-c2cc3ccccc3cc2N)c1. The number of benzene rings is 5. The van der Waals surface area contributed by atoms with Crippen LogP contribution in [0.5, 0.6) is 0 Å². The number of rotatable bonds is 3. The Morgan fingerprint density at radius 3 is 2.07 bits per heavy atom. The van der Waals surface area contributed by atoms with Crippen molar-refractivity contribution in [3.63, 3.8) is 0 Å². The molecular formula is C40H42N2. The molecule has 42 heavy (non-hydrogen) atoms. The molecule has 2 aliphatic rings. The fourth-order valence-corrected chi connectivity index (χ4v) is 7.81. The van der Waals surface area contributed by atoms with Gasteiger partial charge in [-0.25, -0.2) is 0 Å². The molecule has 2 atom stereocenters. The molecule has 0 saturated heterocycles. The molecule has 1 heterocycles. The second-order valence-electron chi connectivity index (χ2n) is 14.1. The highest BCUT2D eigenvalue weighted by molar-refractivity contribution is 5.95. The van der Waals surface area contributed by atoms with E-state index in [9.17, 15) is 0 Å². The Balaban J connectivity index is 1.49. The molecule has 0 spiro atoms. The molecule has 5 aromatic carbocycles. The van der Waals surface area contributed by atoms with Crippen LogP contribution in [0.15, 0.2) is 103 Å². The summed E-state index contributed by atoms with van der Waals surface area (Å²) < 4.78 is 0. The Bertz CT molecular complexity index is 1810. The topological polar surface area (TPSA) is 29.3 Å². The molecule has 1 fully saturated rings. The van der Waals surface area contributed by atoms with E-state index in [0.717, 1.165) is 16.8 Å². The largest absolute Gasteiger partial charge is 0.398 e. The Morgan fingerprint density at radius 1 is 0.667 bits per heavy atom. The van der Waals surface area contributed by atoms with Gasteiger partial charge in [0.2, 0.25) is 0 Å². The molecule has 0 bridgehead atoms. The van der Waals surface area contributed by atoms with E-state index >= 15 is 0 Å². The van der Waals surface area contributed by atoms with Gasteiger partial charge in [-0.1, -0.05) is 107 Å². The zero-order chi connectivity index (χ0) is 29.3. The fourth-order valence-electron chi connectivity index (χ4n) is 7.81. The van der Waals surface area contributed by atoms with Gasteiger partial charge in [-0.2, -0.15) is 0 Å². The molecule has 1 aliphatic heterocycles. The van der Waals surface area contributed by atoms with Gasteiger partial charge in [0.15, 0.2) is 0 Å². The first-order valence-corrected chi connectivity index (χ1v) is 15.5. The van der Waals surface area contributed by atoms with Gasteiger partial charge >= 0.3 is 0 Å². The van der Waals surface area contributed by atoms with E-state index in [2.05, 4.69) is 143 Å². The third kappa shape index (κ3) is 4.07. The third-order valence-corrected chi connectivity index (χ3v) is 10.5. The maximum atomic E-state index is 6.78. The number of hydrogen-bond donors (Lipinski definition) is 1. The van der Waals surface area contributed by atoms with Crippen molar-refractivity contribution in [3.8, 4) is 22.3 Å². The predicted molar refractivity (Wildman–Crippen MR) is 181 cm³/mol. The van der Waals surface area contributed by atoms with Crippen LogP contribution in [0.3, 0.4) is 0 Å². The van der Waals surface area contributed by atoms with Gasteiger partial charge in [0.25, 0.3) is 0 Å². The Labute approximate surface area is 251 Å². The number of nitrogens with two attached hydrogens (primary N) is 1. The van der Waals surface area contributed by atoms with E-state index in [1.807, 2.05) is 0 Å². The number of nitrogen functional groups attached to an aromatic ring is 1. The normalized spacial score (nSPS) is 21.8. The summed E-state index contributed by atoms with van der Waals surface area (Å²) in [7, 11) is 0. The minimum atomic E-state index is -0.0222. The molecular weight excluding hydrogens is 508 g/mol. The van der Waals surface area contributed by atoms with Crippen LogP contribution in [0, 0.1) is 0 Å². The van der Waals surface area contributed by atoms with Crippen LogP contribution in [0.25, 0.3) is 33.0 Å². The summed E-state index contributed by atoms with van der Waals surface area (Å²) in [6.07, 6.45) is 4.92. The summed E-state index contributed by atoms with van der Waals surface area (Å²) >= 11 is 0. The van der Waals surface area contributed by atoms with Gasteiger partial charge in [-0.3, -0.25) is 0 Å². The first-order valence-electron chi connectivity index (χ1n) is 15.5. The van der Waals surface area contributed by atoms with Crippen LogP contribution >= 0.6 is 0 Å².